The number of hydrogen-bond donors (Lipinski definition) is 0. The number of hydrogen-bond acceptors (Lipinski definition) is 3. The molecule has 0 saturated carbocycles. The zero-order valence-electron chi connectivity index (χ0n) is 16.8. The summed E-state index contributed by atoms with van der Waals surface area (Å²) in [5.41, 5.74) is 2.02. The predicted octanol–water partition coefficient (Wildman–Crippen LogP) is 5.07. The molecule has 1 aromatic carbocycles. The van der Waals surface area contributed by atoms with Crippen LogP contribution in [0.3, 0.4) is 0 Å². The minimum atomic E-state index is -0.451. The van der Waals surface area contributed by atoms with Crippen LogP contribution in [0.1, 0.15) is 65.5 Å². The van der Waals surface area contributed by atoms with E-state index in [1.54, 1.807) is 4.90 Å². The van der Waals surface area contributed by atoms with E-state index in [-0.39, 0.29) is 17.6 Å². The van der Waals surface area contributed by atoms with E-state index < -0.39 is 5.60 Å². The summed E-state index contributed by atoms with van der Waals surface area (Å²) in [6, 6.07) is 6.43. The van der Waals surface area contributed by atoms with Gasteiger partial charge in [0, 0.05) is 25.9 Å². The van der Waals surface area contributed by atoms with Crippen molar-refractivity contribution in [1.29, 1.82) is 0 Å². The van der Waals surface area contributed by atoms with Crippen molar-refractivity contribution in [2.45, 2.75) is 78.4 Å². The lowest BCUT2D eigenvalue weighted by atomic mass is 9.86. The Morgan fingerprint density at radius 3 is 2.20 bits per heavy atom. The Hall–Kier alpha value is -1.71. The number of rotatable bonds is 2. The summed E-state index contributed by atoms with van der Waals surface area (Å²) in [6.07, 6.45) is 1.58. The second kappa shape index (κ2) is 7.27. The highest BCUT2D eigenvalue weighted by Crippen LogP contribution is 2.33. The van der Waals surface area contributed by atoms with Gasteiger partial charge in [0.25, 0.3) is 0 Å². The molecule has 1 aromatic rings. The van der Waals surface area contributed by atoms with Gasteiger partial charge >= 0.3 is 6.09 Å². The van der Waals surface area contributed by atoms with Gasteiger partial charge in [-0.25, -0.2) is 4.79 Å². The highest BCUT2D eigenvalue weighted by Gasteiger charge is 2.28. The number of aryl methyl sites for hydroxylation is 1. The monoisotopic (exact) mass is 347 g/mol. The van der Waals surface area contributed by atoms with E-state index in [1.165, 1.54) is 11.1 Å². The van der Waals surface area contributed by atoms with Crippen molar-refractivity contribution >= 4 is 6.09 Å². The molecule has 1 aliphatic heterocycles. The Morgan fingerprint density at radius 1 is 1.08 bits per heavy atom. The first-order chi connectivity index (χ1) is 11.5. The molecule has 1 aliphatic rings. The molecule has 0 unspecified atom stereocenters. The number of nitrogens with zero attached hydrogens (tertiary/aromatic N) is 1. The van der Waals surface area contributed by atoms with Crippen LogP contribution in [0.5, 0.6) is 5.75 Å². The fourth-order valence-electron chi connectivity index (χ4n) is 3.01. The van der Waals surface area contributed by atoms with E-state index in [9.17, 15) is 4.79 Å². The molecule has 0 atom stereocenters. The van der Waals surface area contributed by atoms with E-state index >= 15 is 0 Å². The molecule has 0 aliphatic carbocycles. The van der Waals surface area contributed by atoms with Crippen LogP contribution in [-0.4, -0.2) is 35.8 Å². The summed E-state index contributed by atoms with van der Waals surface area (Å²) < 4.78 is 11.8. The highest BCUT2D eigenvalue weighted by atomic mass is 16.6. The van der Waals surface area contributed by atoms with Crippen LogP contribution in [0.15, 0.2) is 18.2 Å². The number of amides is 1. The summed E-state index contributed by atoms with van der Waals surface area (Å²) in [6.45, 7) is 15.7. The van der Waals surface area contributed by atoms with E-state index in [0.29, 0.717) is 13.1 Å². The summed E-state index contributed by atoms with van der Waals surface area (Å²) in [5, 5.41) is 0. The molecular formula is C21H33NO3. The molecular weight excluding hydrogens is 314 g/mol. The lowest BCUT2D eigenvalue weighted by Crippen LogP contribution is -2.44. The van der Waals surface area contributed by atoms with Gasteiger partial charge in [0.2, 0.25) is 0 Å². The second-order valence-electron chi connectivity index (χ2n) is 9.03. The zero-order chi connectivity index (χ0) is 18.8. The minimum absolute atomic E-state index is 0.0419. The van der Waals surface area contributed by atoms with Gasteiger partial charge in [-0.05, 0) is 50.3 Å². The zero-order valence-corrected chi connectivity index (χ0v) is 16.8. The van der Waals surface area contributed by atoms with Crippen molar-refractivity contribution in [1.82, 2.24) is 4.90 Å². The van der Waals surface area contributed by atoms with Crippen molar-refractivity contribution in [3.8, 4) is 5.75 Å². The first-order valence-electron chi connectivity index (χ1n) is 9.21. The number of carbonyl (C=O) groups excluding carboxylic acids is 1. The van der Waals surface area contributed by atoms with Crippen molar-refractivity contribution in [2.24, 2.45) is 0 Å². The van der Waals surface area contributed by atoms with Crippen LogP contribution in [0.2, 0.25) is 0 Å². The maximum absolute atomic E-state index is 12.2. The molecule has 1 fully saturated rings. The van der Waals surface area contributed by atoms with Crippen LogP contribution in [0.25, 0.3) is 0 Å². The van der Waals surface area contributed by atoms with E-state index in [0.717, 1.165) is 18.6 Å². The quantitative estimate of drug-likeness (QED) is 0.749. The molecule has 0 radical (unpaired) electrons. The molecule has 4 nitrogen and oxygen atoms in total. The average molecular weight is 347 g/mol. The molecule has 0 aromatic heterocycles. The topological polar surface area (TPSA) is 38.8 Å². The smallest absolute Gasteiger partial charge is 0.410 e. The molecule has 4 heteroatoms. The average Bonchev–Trinajstić information content (AvgIpc) is 2.45. The molecule has 1 amide bonds. The Morgan fingerprint density at radius 2 is 1.68 bits per heavy atom. The van der Waals surface area contributed by atoms with E-state index in [4.69, 9.17) is 9.47 Å². The van der Waals surface area contributed by atoms with Gasteiger partial charge in [-0.2, -0.15) is 0 Å². The second-order valence-corrected chi connectivity index (χ2v) is 9.03. The summed E-state index contributed by atoms with van der Waals surface area (Å²) in [5.74, 6) is 0.975. The van der Waals surface area contributed by atoms with Crippen LogP contribution < -0.4 is 4.74 Å². The first-order valence-corrected chi connectivity index (χ1v) is 9.21. The fraction of sp³-hybridized carbons (Fsp3) is 0.667. The number of piperidine rings is 1. The Balaban J connectivity index is 1.99. The number of likely N-dealkylation sites (tertiary alicyclic amines) is 1. The van der Waals surface area contributed by atoms with Crippen molar-refractivity contribution in [3.63, 3.8) is 0 Å². The fourth-order valence-corrected chi connectivity index (χ4v) is 3.01. The first kappa shape index (κ1) is 19.6. The predicted molar refractivity (Wildman–Crippen MR) is 101 cm³/mol. The molecule has 140 valence electrons. The van der Waals surface area contributed by atoms with Crippen LogP contribution in [-0.2, 0) is 10.2 Å². The number of benzene rings is 1. The maximum atomic E-state index is 12.2. The van der Waals surface area contributed by atoms with Crippen molar-refractivity contribution in [3.05, 3.63) is 29.3 Å². The third-order valence-electron chi connectivity index (χ3n) is 4.33. The summed E-state index contributed by atoms with van der Waals surface area (Å²) in [7, 11) is 0. The standard InChI is InChI=1S/C21H33NO3/c1-15-8-9-17(20(2,3)4)18(14-15)24-16-10-12-22(13-11-16)19(23)25-21(5,6)7/h8-9,14,16H,10-13H2,1-7H3. The van der Waals surface area contributed by atoms with Crippen molar-refractivity contribution in [2.75, 3.05) is 13.1 Å². The van der Waals surface area contributed by atoms with Gasteiger partial charge in [-0.1, -0.05) is 32.9 Å². The highest BCUT2D eigenvalue weighted by molar-refractivity contribution is 5.68. The Labute approximate surface area is 152 Å². The normalized spacial score (nSPS) is 16.7. The summed E-state index contributed by atoms with van der Waals surface area (Å²) in [4.78, 5) is 14.0. The minimum Gasteiger partial charge on any atom is -0.490 e. The Bertz CT molecular complexity index is 603. The number of ether oxygens (including phenoxy) is 2. The lowest BCUT2D eigenvalue weighted by Gasteiger charge is -2.34. The summed E-state index contributed by atoms with van der Waals surface area (Å²) >= 11 is 0. The van der Waals surface area contributed by atoms with Crippen LogP contribution in [0, 0.1) is 6.92 Å². The molecule has 1 saturated heterocycles. The van der Waals surface area contributed by atoms with Crippen LogP contribution >= 0.6 is 0 Å². The van der Waals surface area contributed by atoms with Gasteiger partial charge in [-0.15, -0.1) is 0 Å². The largest absolute Gasteiger partial charge is 0.490 e. The third-order valence-corrected chi connectivity index (χ3v) is 4.33. The van der Waals surface area contributed by atoms with E-state index in [2.05, 4.69) is 45.9 Å². The van der Waals surface area contributed by atoms with Gasteiger partial charge in [0.05, 0.1) is 0 Å². The molecule has 0 spiro atoms. The lowest BCUT2D eigenvalue weighted by molar-refractivity contribution is 0.0125. The van der Waals surface area contributed by atoms with Gasteiger partial charge in [0.15, 0.2) is 0 Å². The Kier molecular flexibility index (Phi) is 5.70. The third kappa shape index (κ3) is 5.65. The number of carbonyl (C=O) groups is 1. The maximum Gasteiger partial charge on any atom is 0.410 e. The molecule has 25 heavy (non-hydrogen) atoms. The molecule has 0 bridgehead atoms. The van der Waals surface area contributed by atoms with Crippen molar-refractivity contribution < 1.29 is 14.3 Å². The van der Waals surface area contributed by atoms with Gasteiger partial charge < -0.3 is 14.4 Å². The van der Waals surface area contributed by atoms with E-state index in [1.807, 2.05) is 20.8 Å². The molecule has 1 heterocycles. The van der Waals surface area contributed by atoms with Gasteiger partial charge in [-0.3, -0.25) is 0 Å². The SMILES string of the molecule is Cc1ccc(C(C)(C)C)c(OC2CCN(C(=O)OC(C)(C)C)CC2)c1. The molecule has 2 rings (SSSR count). The van der Waals surface area contributed by atoms with Crippen LogP contribution in [0.4, 0.5) is 4.79 Å². The molecule has 0 N–H and O–H groups in total. The van der Waals surface area contributed by atoms with Gasteiger partial charge in [0.1, 0.15) is 17.5 Å².